The molecule has 0 aliphatic heterocycles. The van der Waals surface area contributed by atoms with Gasteiger partial charge in [0.15, 0.2) is 5.82 Å². The summed E-state index contributed by atoms with van der Waals surface area (Å²) in [6.07, 6.45) is 0. The van der Waals surface area contributed by atoms with Crippen LogP contribution in [0.1, 0.15) is 16.2 Å². The van der Waals surface area contributed by atoms with Gasteiger partial charge in [0, 0.05) is 15.1 Å². The largest absolute Gasteiger partial charge is 0.317 e. The Morgan fingerprint density at radius 3 is 2.53 bits per heavy atom. The number of para-hydroxylation sites is 1. The molecular weight excluding hydrogens is 471 g/mol. The molecule has 5 nitrogen and oxygen atoms in total. The van der Waals surface area contributed by atoms with Gasteiger partial charge in [0.2, 0.25) is 5.82 Å². The van der Waals surface area contributed by atoms with Crippen molar-refractivity contribution in [2.45, 2.75) is 6.92 Å². The zero-order valence-corrected chi connectivity index (χ0v) is 18.1. The number of rotatable bonds is 4. The zero-order valence-electron chi connectivity index (χ0n) is 15.7. The normalized spacial score (nSPS) is 10.8. The second-order valence-corrected chi connectivity index (χ2v) is 7.82. The topological polar surface area (TPSA) is 59.8 Å². The van der Waals surface area contributed by atoms with Gasteiger partial charge in [-0.25, -0.2) is 14.1 Å². The Morgan fingerprint density at radius 1 is 1.07 bits per heavy atom. The van der Waals surface area contributed by atoms with Gasteiger partial charge in [-0.2, -0.15) is 0 Å². The quantitative estimate of drug-likeness (QED) is 0.383. The Morgan fingerprint density at radius 2 is 1.80 bits per heavy atom. The van der Waals surface area contributed by atoms with Crippen molar-refractivity contribution in [1.29, 1.82) is 0 Å². The van der Waals surface area contributed by atoms with Gasteiger partial charge >= 0.3 is 0 Å². The number of amides is 1. The molecule has 0 bridgehead atoms. The van der Waals surface area contributed by atoms with Crippen molar-refractivity contribution in [3.8, 4) is 17.1 Å². The third-order valence-electron chi connectivity index (χ3n) is 4.50. The first-order valence-electron chi connectivity index (χ1n) is 8.98. The fourth-order valence-corrected chi connectivity index (χ4v) is 3.36. The molecule has 0 unspecified atom stereocenters. The minimum Gasteiger partial charge on any atom is -0.317 e. The van der Waals surface area contributed by atoms with E-state index in [0.29, 0.717) is 16.5 Å². The summed E-state index contributed by atoms with van der Waals surface area (Å²) in [5, 5.41) is 7.50. The van der Waals surface area contributed by atoms with E-state index in [1.165, 1.54) is 12.1 Å². The molecule has 0 fully saturated rings. The molecule has 1 N–H and O–H groups in total. The molecule has 0 spiro atoms. The van der Waals surface area contributed by atoms with Crippen LogP contribution in [-0.2, 0) is 0 Å². The molecule has 4 rings (SSSR count). The highest BCUT2D eigenvalue weighted by Crippen LogP contribution is 2.28. The SMILES string of the molecule is Cc1c(Cl)cccc1-n1nc(C(=O)Nc2ccccc2F)nc1-c1ccc(Br)cc1. The van der Waals surface area contributed by atoms with Crippen molar-refractivity contribution in [3.05, 3.63) is 93.4 Å². The van der Waals surface area contributed by atoms with Gasteiger partial charge in [0.25, 0.3) is 5.91 Å². The number of nitrogens with one attached hydrogen (secondary N) is 1. The maximum Gasteiger partial charge on any atom is 0.295 e. The lowest BCUT2D eigenvalue weighted by molar-refractivity contribution is 0.101. The highest BCUT2D eigenvalue weighted by Gasteiger charge is 2.21. The van der Waals surface area contributed by atoms with Crippen LogP contribution in [0.25, 0.3) is 17.1 Å². The minimum absolute atomic E-state index is 0.0583. The second kappa shape index (κ2) is 8.38. The van der Waals surface area contributed by atoms with Gasteiger partial charge in [-0.1, -0.05) is 57.9 Å². The average Bonchev–Trinajstić information content (AvgIpc) is 3.17. The van der Waals surface area contributed by atoms with Gasteiger partial charge in [-0.05, 0) is 48.9 Å². The first-order chi connectivity index (χ1) is 14.4. The number of hydrogen-bond donors (Lipinski definition) is 1. The number of aromatic nitrogens is 3. The number of carbonyl (C=O) groups is 1. The van der Waals surface area contributed by atoms with E-state index in [9.17, 15) is 9.18 Å². The third kappa shape index (κ3) is 3.99. The van der Waals surface area contributed by atoms with Crippen LogP contribution >= 0.6 is 27.5 Å². The van der Waals surface area contributed by atoms with Crippen LogP contribution in [0, 0.1) is 12.7 Å². The lowest BCUT2D eigenvalue weighted by Crippen LogP contribution is -2.15. The van der Waals surface area contributed by atoms with Crippen LogP contribution in [0.2, 0.25) is 5.02 Å². The van der Waals surface area contributed by atoms with Gasteiger partial charge in [0.05, 0.1) is 11.4 Å². The van der Waals surface area contributed by atoms with E-state index in [1.807, 2.05) is 37.3 Å². The summed E-state index contributed by atoms with van der Waals surface area (Å²) >= 11 is 9.70. The summed E-state index contributed by atoms with van der Waals surface area (Å²) in [6, 6.07) is 18.8. The molecule has 0 aliphatic carbocycles. The molecule has 0 saturated carbocycles. The maximum absolute atomic E-state index is 13.9. The summed E-state index contributed by atoms with van der Waals surface area (Å²) in [6.45, 7) is 1.86. The van der Waals surface area contributed by atoms with Gasteiger partial charge in [-0.3, -0.25) is 4.79 Å². The fourth-order valence-electron chi connectivity index (χ4n) is 2.93. The number of carbonyl (C=O) groups excluding carboxylic acids is 1. The van der Waals surface area contributed by atoms with E-state index >= 15 is 0 Å². The molecule has 0 radical (unpaired) electrons. The van der Waals surface area contributed by atoms with Crippen LogP contribution in [0.5, 0.6) is 0 Å². The molecule has 4 aromatic rings. The lowest BCUT2D eigenvalue weighted by Gasteiger charge is -2.10. The van der Waals surface area contributed by atoms with Crippen LogP contribution in [0.15, 0.2) is 71.2 Å². The Balaban J connectivity index is 1.81. The number of benzene rings is 3. The fraction of sp³-hybridized carbons (Fsp3) is 0.0455. The smallest absolute Gasteiger partial charge is 0.295 e. The van der Waals surface area contributed by atoms with E-state index in [1.54, 1.807) is 28.9 Å². The number of hydrogen-bond acceptors (Lipinski definition) is 3. The first-order valence-corrected chi connectivity index (χ1v) is 10.2. The summed E-state index contributed by atoms with van der Waals surface area (Å²) in [4.78, 5) is 17.2. The summed E-state index contributed by atoms with van der Waals surface area (Å²) in [5.41, 5.74) is 2.30. The second-order valence-electron chi connectivity index (χ2n) is 6.50. The Bertz CT molecular complexity index is 1240. The molecule has 30 heavy (non-hydrogen) atoms. The Hall–Kier alpha value is -3.03. The summed E-state index contributed by atoms with van der Waals surface area (Å²) in [7, 11) is 0. The molecule has 0 atom stereocenters. The monoisotopic (exact) mass is 484 g/mol. The zero-order chi connectivity index (χ0) is 21.3. The van der Waals surface area contributed by atoms with E-state index < -0.39 is 11.7 Å². The van der Waals surface area contributed by atoms with Crippen LogP contribution in [-0.4, -0.2) is 20.7 Å². The maximum atomic E-state index is 13.9. The number of nitrogens with zero attached hydrogens (tertiary/aromatic N) is 3. The molecule has 150 valence electrons. The van der Waals surface area contributed by atoms with E-state index in [-0.39, 0.29) is 11.5 Å². The van der Waals surface area contributed by atoms with Gasteiger partial charge in [-0.15, -0.1) is 5.10 Å². The molecule has 3 aromatic carbocycles. The average molecular weight is 486 g/mol. The molecule has 1 amide bonds. The van der Waals surface area contributed by atoms with Crippen molar-refractivity contribution in [3.63, 3.8) is 0 Å². The molecular formula is C22H15BrClFN4O. The predicted molar refractivity (Wildman–Crippen MR) is 119 cm³/mol. The molecule has 0 aliphatic rings. The Kier molecular flexibility index (Phi) is 5.65. The van der Waals surface area contributed by atoms with E-state index in [4.69, 9.17) is 11.6 Å². The molecule has 1 heterocycles. The minimum atomic E-state index is -0.614. The summed E-state index contributed by atoms with van der Waals surface area (Å²) < 4.78 is 16.4. The van der Waals surface area contributed by atoms with Crippen molar-refractivity contribution in [2.24, 2.45) is 0 Å². The molecule has 0 saturated heterocycles. The number of halogens is 3. The van der Waals surface area contributed by atoms with E-state index in [2.05, 4.69) is 31.3 Å². The van der Waals surface area contributed by atoms with Crippen molar-refractivity contribution >= 4 is 39.1 Å². The summed E-state index contributed by atoms with van der Waals surface area (Å²) in [5.74, 6) is -0.775. The third-order valence-corrected chi connectivity index (χ3v) is 5.44. The van der Waals surface area contributed by atoms with Gasteiger partial charge < -0.3 is 5.32 Å². The lowest BCUT2D eigenvalue weighted by atomic mass is 10.1. The van der Waals surface area contributed by atoms with Crippen molar-refractivity contribution in [2.75, 3.05) is 5.32 Å². The standard InChI is InChI=1S/C22H15BrClFN4O/c1-13-16(24)5-4-8-19(13)29-21(14-9-11-15(23)12-10-14)27-20(28-29)22(30)26-18-7-3-2-6-17(18)25/h2-12H,1H3,(H,26,30). The van der Waals surface area contributed by atoms with Crippen LogP contribution < -0.4 is 5.32 Å². The van der Waals surface area contributed by atoms with Gasteiger partial charge in [0.1, 0.15) is 5.82 Å². The highest BCUT2D eigenvalue weighted by molar-refractivity contribution is 9.10. The Labute approximate surface area is 185 Å². The first kappa shape index (κ1) is 20.3. The predicted octanol–water partition coefficient (Wildman–Crippen LogP) is 6.05. The van der Waals surface area contributed by atoms with E-state index in [0.717, 1.165) is 15.6 Å². The van der Waals surface area contributed by atoms with Crippen molar-refractivity contribution in [1.82, 2.24) is 14.8 Å². The molecule has 8 heteroatoms. The number of anilines is 1. The van der Waals surface area contributed by atoms with Crippen LogP contribution in [0.4, 0.5) is 10.1 Å². The van der Waals surface area contributed by atoms with Crippen molar-refractivity contribution < 1.29 is 9.18 Å². The van der Waals surface area contributed by atoms with Crippen LogP contribution in [0.3, 0.4) is 0 Å². The highest BCUT2D eigenvalue weighted by atomic mass is 79.9. The molecule has 1 aromatic heterocycles.